The van der Waals surface area contributed by atoms with Gasteiger partial charge in [-0.25, -0.2) is 5.32 Å². The minimum Gasteiger partial charge on any atom is -0.234 e. The zero-order chi connectivity index (χ0) is 6.95. The number of halogens is 2. The van der Waals surface area contributed by atoms with Crippen LogP contribution in [0.15, 0.2) is 23.2 Å². The number of hydrogen-bond acceptors (Lipinski definition) is 0. The molecule has 0 aliphatic rings. The SMILES string of the molecule is ClC=CC[N]CC=CCl. The molecule has 0 aromatic rings. The molecule has 0 atom stereocenters. The van der Waals surface area contributed by atoms with E-state index in [1.54, 1.807) is 12.2 Å². The Morgan fingerprint density at radius 1 is 1.00 bits per heavy atom. The molecular formula is C6H8Cl2N. The topological polar surface area (TPSA) is 14.1 Å². The van der Waals surface area contributed by atoms with Crippen LogP contribution in [0.5, 0.6) is 0 Å². The van der Waals surface area contributed by atoms with Crippen LogP contribution in [-0.2, 0) is 0 Å². The molecule has 0 fully saturated rings. The standard InChI is InChI=1S/C6H8Cl2N/c7-3-1-5-9-6-2-4-8/h1-4H,5-6H2. The van der Waals surface area contributed by atoms with Crippen LogP contribution in [0.25, 0.3) is 0 Å². The Balaban J connectivity index is 2.91. The second-order valence-electron chi connectivity index (χ2n) is 1.31. The fraction of sp³-hybridized carbons (Fsp3) is 0.333. The lowest BCUT2D eigenvalue weighted by atomic mass is 10.5. The normalized spacial score (nSPS) is 11.8. The minimum atomic E-state index is 0.657. The predicted octanol–water partition coefficient (Wildman–Crippen LogP) is 2.10. The summed E-state index contributed by atoms with van der Waals surface area (Å²) in [5.41, 5.74) is 2.90. The van der Waals surface area contributed by atoms with Crippen molar-refractivity contribution < 1.29 is 0 Å². The lowest BCUT2D eigenvalue weighted by Crippen LogP contribution is -2.02. The monoisotopic (exact) mass is 164 g/mol. The van der Waals surface area contributed by atoms with E-state index in [1.165, 1.54) is 11.1 Å². The van der Waals surface area contributed by atoms with Crippen LogP contribution in [0.2, 0.25) is 0 Å². The summed E-state index contributed by atoms with van der Waals surface area (Å²) in [5.74, 6) is 0. The molecule has 0 aromatic heterocycles. The van der Waals surface area contributed by atoms with E-state index in [4.69, 9.17) is 23.2 Å². The fourth-order valence-electron chi connectivity index (χ4n) is 0.303. The Hall–Kier alpha value is 0.0200. The third kappa shape index (κ3) is 8.02. The van der Waals surface area contributed by atoms with Crippen molar-refractivity contribution >= 4 is 23.2 Å². The Bertz CT molecular complexity index is 87.2. The summed E-state index contributed by atoms with van der Waals surface area (Å²) in [6.07, 6.45) is 3.53. The second kappa shape index (κ2) is 8.02. The van der Waals surface area contributed by atoms with E-state index in [2.05, 4.69) is 5.32 Å². The van der Waals surface area contributed by atoms with Gasteiger partial charge in [0.25, 0.3) is 0 Å². The van der Waals surface area contributed by atoms with Crippen molar-refractivity contribution in [2.45, 2.75) is 0 Å². The Morgan fingerprint density at radius 3 is 1.78 bits per heavy atom. The van der Waals surface area contributed by atoms with Gasteiger partial charge >= 0.3 is 0 Å². The molecule has 0 unspecified atom stereocenters. The van der Waals surface area contributed by atoms with E-state index in [0.29, 0.717) is 13.1 Å². The molecule has 1 radical (unpaired) electrons. The molecule has 0 aromatic carbocycles. The maximum Gasteiger partial charge on any atom is 0.0329 e. The summed E-state index contributed by atoms with van der Waals surface area (Å²) in [5, 5.41) is 4.01. The Kier molecular flexibility index (Phi) is 8.04. The van der Waals surface area contributed by atoms with Crippen LogP contribution >= 0.6 is 23.2 Å². The van der Waals surface area contributed by atoms with E-state index < -0.39 is 0 Å². The van der Waals surface area contributed by atoms with Crippen molar-refractivity contribution in [1.29, 1.82) is 0 Å². The zero-order valence-electron chi connectivity index (χ0n) is 4.93. The van der Waals surface area contributed by atoms with Crippen LogP contribution in [0.3, 0.4) is 0 Å². The molecule has 9 heavy (non-hydrogen) atoms. The maximum absolute atomic E-state index is 5.23. The van der Waals surface area contributed by atoms with Crippen molar-refractivity contribution in [2.24, 2.45) is 0 Å². The van der Waals surface area contributed by atoms with Crippen LogP contribution < -0.4 is 5.32 Å². The van der Waals surface area contributed by atoms with Gasteiger partial charge in [-0.3, -0.25) is 0 Å². The molecule has 0 saturated heterocycles. The highest BCUT2D eigenvalue weighted by Gasteiger charge is 1.76. The molecular weight excluding hydrogens is 157 g/mol. The van der Waals surface area contributed by atoms with Gasteiger partial charge in [0, 0.05) is 24.2 Å². The molecule has 0 heterocycles. The quantitative estimate of drug-likeness (QED) is 0.566. The van der Waals surface area contributed by atoms with E-state index in [1.807, 2.05) is 0 Å². The second-order valence-corrected chi connectivity index (χ2v) is 1.82. The molecule has 3 heteroatoms. The first-order valence-electron chi connectivity index (χ1n) is 2.55. The van der Waals surface area contributed by atoms with E-state index in [0.717, 1.165) is 0 Å². The third-order valence-electron chi connectivity index (χ3n) is 0.647. The molecule has 0 aliphatic carbocycles. The van der Waals surface area contributed by atoms with Gasteiger partial charge in [0.15, 0.2) is 0 Å². The number of hydrogen-bond donors (Lipinski definition) is 0. The van der Waals surface area contributed by atoms with Crippen LogP contribution in [-0.4, -0.2) is 13.1 Å². The smallest absolute Gasteiger partial charge is 0.0329 e. The van der Waals surface area contributed by atoms with E-state index >= 15 is 0 Å². The highest BCUT2D eigenvalue weighted by atomic mass is 35.5. The predicted molar refractivity (Wildman–Crippen MR) is 41.9 cm³/mol. The highest BCUT2D eigenvalue weighted by Crippen LogP contribution is 1.78. The molecule has 0 N–H and O–H groups in total. The first-order chi connectivity index (χ1) is 4.41. The molecule has 0 rings (SSSR count). The average molecular weight is 165 g/mol. The average Bonchev–Trinajstić information content (AvgIpc) is 1.89. The fourth-order valence-corrected chi connectivity index (χ4v) is 0.463. The van der Waals surface area contributed by atoms with Gasteiger partial charge in [-0.15, -0.1) is 0 Å². The van der Waals surface area contributed by atoms with Crippen molar-refractivity contribution in [3.05, 3.63) is 23.2 Å². The summed E-state index contributed by atoms with van der Waals surface area (Å²) in [7, 11) is 0. The van der Waals surface area contributed by atoms with Gasteiger partial charge < -0.3 is 0 Å². The third-order valence-corrected chi connectivity index (χ3v) is 1.00. The zero-order valence-corrected chi connectivity index (χ0v) is 6.44. The van der Waals surface area contributed by atoms with Gasteiger partial charge in [0.05, 0.1) is 0 Å². The molecule has 0 amide bonds. The van der Waals surface area contributed by atoms with Crippen molar-refractivity contribution in [3.8, 4) is 0 Å². The van der Waals surface area contributed by atoms with Gasteiger partial charge in [-0.1, -0.05) is 35.4 Å². The van der Waals surface area contributed by atoms with Crippen LogP contribution in [0.4, 0.5) is 0 Å². The molecule has 0 saturated carbocycles. The maximum atomic E-state index is 5.23. The summed E-state index contributed by atoms with van der Waals surface area (Å²) in [6, 6.07) is 0. The largest absolute Gasteiger partial charge is 0.234 e. The molecule has 0 bridgehead atoms. The minimum absolute atomic E-state index is 0.657. The first-order valence-corrected chi connectivity index (χ1v) is 3.42. The van der Waals surface area contributed by atoms with E-state index in [-0.39, 0.29) is 0 Å². The van der Waals surface area contributed by atoms with Gasteiger partial charge in [0.1, 0.15) is 0 Å². The molecule has 51 valence electrons. The summed E-state index contributed by atoms with van der Waals surface area (Å²) >= 11 is 10.5. The van der Waals surface area contributed by atoms with Gasteiger partial charge in [-0.2, -0.15) is 0 Å². The van der Waals surface area contributed by atoms with Crippen LogP contribution in [0.1, 0.15) is 0 Å². The number of nitrogens with zero attached hydrogens (tertiary/aromatic N) is 1. The van der Waals surface area contributed by atoms with Crippen molar-refractivity contribution in [3.63, 3.8) is 0 Å². The highest BCUT2D eigenvalue weighted by molar-refractivity contribution is 6.25. The first kappa shape index (κ1) is 9.02. The summed E-state index contributed by atoms with van der Waals surface area (Å²) < 4.78 is 0. The summed E-state index contributed by atoms with van der Waals surface area (Å²) in [4.78, 5) is 0. The lowest BCUT2D eigenvalue weighted by molar-refractivity contribution is 0.825. The molecule has 1 nitrogen and oxygen atoms in total. The Morgan fingerprint density at radius 2 is 1.44 bits per heavy atom. The van der Waals surface area contributed by atoms with Gasteiger partial charge in [-0.05, 0) is 0 Å². The van der Waals surface area contributed by atoms with Gasteiger partial charge in [0.2, 0.25) is 0 Å². The summed E-state index contributed by atoms with van der Waals surface area (Å²) in [6.45, 7) is 1.31. The van der Waals surface area contributed by atoms with Crippen LogP contribution in [0, 0.1) is 0 Å². The molecule has 0 aliphatic heterocycles. The van der Waals surface area contributed by atoms with Crippen molar-refractivity contribution in [2.75, 3.05) is 13.1 Å². The number of rotatable bonds is 4. The molecule has 0 spiro atoms. The Labute approximate surface area is 65.3 Å². The van der Waals surface area contributed by atoms with Crippen molar-refractivity contribution in [1.82, 2.24) is 5.32 Å². The lowest BCUT2D eigenvalue weighted by Gasteiger charge is -1.88. The van der Waals surface area contributed by atoms with E-state index in [9.17, 15) is 0 Å².